The minimum absolute atomic E-state index is 0.313. The second-order valence-electron chi connectivity index (χ2n) is 3.04. The first-order valence-electron chi connectivity index (χ1n) is 4.28. The molecule has 78 valence electrons. The van der Waals surface area contributed by atoms with E-state index in [1.807, 2.05) is 6.92 Å². The summed E-state index contributed by atoms with van der Waals surface area (Å²) in [5, 5.41) is 0.313. The van der Waals surface area contributed by atoms with Crippen LogP contribution in [-0.2, 0) is 4.57 Å². The van der Waals surface area contributed by atoms with Gasteiger partial charge in [-0.3, -0.25) is 4.57 Å². The third kappa shape index (κ3) is 2.50. The molecule has 0 saturated carbocycles. The fraction of sp³-hybridized carbons (Fsp3) is 0.333. The van der Waals surface area contributed by atoms with E-state index in [0.29, 0.717) is 23.3 Å². The van der Waals surface area contributed by atoms with Crippen LogP contribution in [-0.4, -0.2) is 18.2 Å². The summed E-state index contributed by atoms with van der Waals surface area (Å²) < 4.78 is 16.7. The van der Waals surface area contributed by atoms with Crippen molar-refractivity contribution in [3.05, 3.63) is 18.2 Å². The summed E-state index contributed by atoms with van der Waals surface area (Å²) in [6.07, 6.45) is 0. The molecule has 1 aromatic carbocycles. The molecule has 0 aliphatic heterocycles. The summed E-state index contributed by atoms with van der Waals surface area (Å²) in [6, 6.07) is 4.68. The van der Waals surface area contributed by atoms with Crippen molar-refractivity contribution in [2.45, 2.75) is 6.92 Å². The lowest BCUT2D eigenvalue weighted by Gasteiger charge is -2.12. The maximum atomic E-state index is 11.5. The Morgan fingerprint density at radius 1 is 1.57 bits per heavy atom. The summed E-state index contributed by atoms with van der Waals surface area (Å²) in [5.41, 5.74) is 6.07. The zero-order valence-electron chi connectivity index (χ0n) is 8.23. The Balaban J connectivity index is 3.22. The molecule has 5 heteroatoms. The van der Waals surface area contributed by atoms with Gasteiger partial charge >= 0.3 is 0 Å². The van der Waals surface area contributed by atoms with E-state index in [4.69, 9.17) is 10.5 Å². The molecule has 0 spiro atoms. The van der Waals surface area contributed by atoms with Crippen LogP contribution in [0, 0.1) is 0 Å². The second kappa shape index (κ2) is 4.03. The number of ether oxygens (including phenoxy) is 1. The Labute approximate surface area is 83.2 Å². The van der Waals surface area contributed by atoms with E-state index < -0.39 is 7.37 Å². The van der Waals surface area contributed by atoms with Crippen LogP contribution in [0.2, 0.25) is 0 Å². The predicted molar refractivity (Wildman–Crippen MR) is 57.4 cm³/mol. The van der Waals surface area contributed by atoms with E-state index >= 15 is 0 Å². The summed E-state index contributed by atoms with van der Waals surface area (Å²) in [4.78, 5) is 9.42. The van der Waals surface area contributed by atoms with E-state index in [1.54, 1.807) is 12.1 Å². The molecule has 1 unspecified atom stereocenters. The average Bonchev–Trinajstić information content (AvgIpc) is 2.02. The van der Waals surface area contributed by atoms with Crippen molar-refractivity contribution in [3.8, 4) is 5.75 Å². The summed E-state index contributed by atoms with van der Waals surface area (Å²) in [7, 11) is -3.29. The minimum Gasteiger partial charge on any atom is -0.493 e. The molecular weight excluding hydrogens is 201 g/mol. The van der Waals surface area contributed by atoms with E-state index in [2.05, 4.69) is 0 Å². The fourth-order valence-corrected chi connectivity index (χ4v) is 2.03. The Bertz CT molecular complexity index is 372. The van der Waals surface area contributed by atoms with E-state index in [9.17, 15) is 9.46 Å². The van der Waals surface area contributed by atoms with Crippen LogP contribution in [0.25, 0.3) is 0 Å². The van der Waals surface area contributed by atoms with Crippen molar-refractivity contribution in [2.75, 3.05) is 19.0 Å². The van der Waals surface area contributed by atoms with Crippen LogP contribution in [0.4, 0.5) is 5.69 Å². The predicted octanol–water partition coefficient (Wildman–Crippen LogP) is 1.19. The number of anilines is 1. The Morgan fingerprint density at radius 2 is 2.21 bits per heavy atom. The molecule has 14 heavy (non-hydrogen) atoms. The quantitative estimate of drug-likeness (QED) is 0.586. The zero-order chi connectivity index (χ0) is 10.8. The molecule has 4 nitrogen and oxygen atoms in total. The first-order chi connectivity index (χ1) is 6.45. The lowest BCUT2D eigenvalue weighted by molar-refractivity contribution is 0.342. The molecule has 0 saturated heterocycles. The number of hydrogen-bond donors (Lipinski definition) is 2. The monoisotopic (exact) mass is 215 g/mol. The van der Waals surface area contributed by atoms with Gasteiger partial charge in [-0.1, -0.05) is 0 Å². The van der Waals surface area contributed by atoms with Gasteiger partial charge < -0.3 is 15.4 Å². The van der Waals surface area contributed by atoms with Gasteiger partial charge in [0.15, 0.2) is 0 Å². The first kappa shape index (κ1) is 11.1. The molecule has 0 heterocycles. The Morgan fingerprint density at radius 3 is 2.71 bits per heavy atom. The molecular formula is C9H14NO3P. The summed E-state index contributed by atoms with van der Waals surface area (Å²) >= 11 is 0. The third-order valence-electron chi connectivity index (χ3n) is 1.73. The lowest BCUT2D eigenvalue weighted by atomic mass is 10.3. The molecule has 0 fully saturated rings. The second-order valence-corrected chi connectivity index (χ2v) is 5.28. The molecule has 0 aliphatic carbocycles. The van der Waals surface area contributed by atoms with Crippen molar-refractivity contribution in [3.63, 3.8) is 0 Å². The average molecular weight is 215 g/mol. The van der Waals surface area contributed by atoms with Gasteiger partial charge in [-0.15, -0.1) is 0 Å². The van der Waals surface area contributed by atoms with E-state index in [1.165, 1.54) is 12.7 Å². The maximum Gasteiger partial charge on any atom is 0.230 e. The van der Waals surface area contributed by atoms with Crippen molar-refractivity contribution in [1.29, 1.82) is 0 Å². The molecule has 0 aliphatic rings. The number of benzene rings is 1. The highest BCUT2D eigenvalue weighted by molar-refractivity contribution is 7.65. The largest absolute Gasteiger partial charge is 0.493 e. The van der Waals surface area contributed by atoms with Crippen molar-refractivity contribution < 1.29 is 14.2 Å². The number of hydrogen-bond acceptors (Lipinski definition) is 3. The van der Waals surface area contributed by atoms with Gasteiger partial charge in [-0.05, 0) is 19.1 Å². The highest BCUT2D eigenvalue weighted by Crippen LogP contribution is 2.38. The molecule has 0 radical (unpaired) electrons. The maximum absolute atomic E-state index is 11.5. The first-order valence-corrected chi connectivity index (χ1v) is 6.39. The zero-order valence-corrected chi connectivity index (χ0v) is 9.12. The standard InChI is InChI=1S/C9H14NO3P/c1-3-13-8-6-7(10)4-5-9(8)14(2,11)12/h4-6H,3,10H2,1-2H3,(H,11,12). The highest BCUT2D eigenvalue weighted by Gasteiger charge is 2.19. The summed E-state index contributed by atoms with van der Waals surface area (Å²) in [6.45, 7) is 3.53. The van der Waals surface area contributed by atoms with Crippen LogP contribution in [0.1, 0.15) is 6.92 Å². The third-order valence-corrected chi connectivity index (χ3v) is 2.99. The molecule has 0 aromatic heterocycles. The molecule has 1 rings (SSSR count). The van der Waals surface area contributed by atoms with Crippen LogP contribution in [0.5, 0.6) is 5.75 Å². The van der Waals surface area contributed by atoms with Crippen molar-refractivity contribution >= 4 is 18.4 Å². The number of nitrogens with two attached hydrogens (primary N) is 1. The molecule has 0 amide bonds. The van der Waals surface area contributed by atoms with Crippen molar-refractivity contribution in [2.24, 2.45) is 0 Å². The normalized spacial score (nSPS) is 14.8. The van der Waals surface area contributed by atoms with Gasteiger partial charge in [-0.2, -0.15) is 0 Å². The van der Waals surface area contributed by atoms with Gasteiger partial charge in [0, 0.05) is 18.4 Å². The van der Waals surface area contributed by atoms with Gasteiger partial charge in [0.05, 0.1) is 11.9 Å². The lowest BCUT2D eigenvalue weighted by Crippen LogP contribution is -2.10. The molecule has 0 bridgehead atoms. The Kier molecular flexibility index (Phi) is 3.19. The smallest absolute Gasteiger partial charge is 0.230 e. The Hall–Kier alpha value is -0.990. The van der Waals surface area contributed by atoms with Crippen LogP contribution in [0.15, 0.2) is 18.2 Å². The van der Waals surface area contributed by atoms with E-state index in [0.717, 1.165) is 0 Å². The highest BCUT2D eigenvalue weighted by atomic mass is 31.2. The number of nitrogen functional groups attached to an aromatic ring is 1. The van der Waals surface area contributed by atoms with E-state index in [-0.39, 0.29) is 0 Å². The SMILES string of the molecule is CCOc1cc(N)ccc1P(C)(=O)O. The number of rotatable bonds is 3. The molecule has 1 aromatic rings. The van der Waals surface area contributed by atoms with Gasteiger partial charge in [0.25, 0.3) is 0 Å². The van der Waals surface area contributed by atoms with Gasteiger partial charge in [-0.25, -0.2) is 0 Å². The van der Waals surface area contributed by atoms with Crippen LogP contribution < -0.4 is 15.8 Å². The fourth-order valence-electron chi connectivity index (χ4n) is 1.14. The van der Waals surface area contributed by atoms with Crippen molar-refractivity contribution in [1.82, 2.24) is 0 Å². The van der Waals surface area contributed by atoms with Gasteiger partial charge in [0.2, 0.25) is 7.37 Å². The molecule has 3 N–H and O–H groups in total. The minimum atomic E-state index is -3.29. The topological polar surface area (TPSA) is 72.5 Å². The molecule has 1 atom stereocenters. The van der Waals surface area contributed by atoms with Gasteiger partial charge in [0.1, 0.15) is 5.75 Å². The van der Waals surface area contributed by atoms with Crippen LogP contribution in [0.3, 0.4) is 0 Å². The van der Waals surface area contributed by atoms with Crippen LogP contribution >= 0.6 is 7.37 Å². The summed E-state index contributed by atoms with van der Waals surface area (Å²) in [5.74, 6) is 0.390.